The Morgan fingerprint density at radius 3 is 0.839 bits per heavy atom. The third-order valence-electron chi connectivity index (χ3n) is 21.4. The van der Waals surface area contributed by atoms with Crippen LogP contribution in [0, 0.1) is 0 Å². The fourth-order valence-electron chi connectivity index (χ4n) is 14.6. The smallest absolute Gasteiger partial charge is 0.328 e. The first-order valence-corrected chi connectivity index (χ1v) is 49.4. The molecule has 5 N–H and O–H groups in total. The van der Waals surface area contributed by atoms with Crippen LogP contribution < -0.4 is 4.90 Å². The molecule has 0 saturated heterocycles. The number of carbonyl (C=O) groups is 25. The minimum Gasteiger partial charge on any atom is -0.480 e. The Morgan fingerprint density at radius 2 is 0.517 bits per heavy atom. The quantitative estimate of drug-likeness (QED) is 0.0182. The number of hydrogen-bond donors (Lipinski definition) is 5. The van der Waals surface area contributed by atoms with Crippen LogP contribution in [-0.2, 0) is 126 Å². The predicted molar refractivity (Wildman–Crippen MR) is 523 cm³/mol. The van der Waals surface area contributed by atoms with Crippen LogP contribution in [0.4, 0.5) is 5.69 Å². The van der Waals surface area contributed by atoms with Crippen LogP contribution in [0.5, 0.6) is 0 Å². The lowest BCUT2D eigenvalue weighted by atomic mass is 10.0. The molecule has 738 valence electrons. The van der Waals surface area contributed by atoms with E-state index in [0.29, 0.717) is 79.2 Å². The first-order valence-electron chi connectivity index (χ1n) is 42.2. The number of carboxylic acids is 5. The number of rotatable bonds is 38. The summed E-state index contributed by atoms with van der Waals surface area (Å²) in [7, 11) is 0. The van der Waals surface area contributed by atoms with Gasteiger partial charge in [0.2, 0.25) is 0 Å². The highest BCUT2D eigenvalue weighted by Gasteiger charge is 2.48. The normalized spacial score (nSPS) is 17.7. The van der Waals surface area contributed by atoms with Gasteiger partial charge < -0.3 is 25.5 Å². The molecule has 40 nitrogen and oxygen atoms in total. The van der Waals surface area contributed by atoms with Gasteiger partial charge in [-0.15, -0.1) is 0 Å². The van der Waals surface area contributed by atoms with Crippen molar-refractivity contribution in [3.8, 4) is 0 Å². The number of thioether (sulfide) groups is 4. The summed E-state index contributed by atoms with van der Waals surface area (Å²) in [6.07, 6.45) is 14.3. The maximum atomic E-state index is 12.9. The topological polar surface area (TPSA) is 560 Å². The Balaban J connectivity index is 0.000000172. The molecule has 143 heavy (non-hydrogen) atoms. The van der Waals surface area contributed by atoms with Gasteiger partial charge in [0.15, 0.2) is 6.04 Å². The van der Waals surface area contributed by atoms with E-state index in [0.717, 1.165) is 128 Å². The Morgan fingerprint density at radius 1 is 0.252 bits per heavy atom. The Hall–Kier alpha value is -14.0. The molecule has 10 aliphatic rings. The van der Waals surface area contributed by atoms with Gasteiger partial charge in [0.1, 0.15) is 24.2 Å². The summed E-state index contributed by atoms with van der Waals surface area (Å²) >= 11 is 19.2. The van der Waals surface area contributed by atoms with Gasteiger partial charge in [-0.3, -0.25) is 140 Å². The van der Waals surface area contributed by atoms with Crippen molar-refractivity contribution in [2.24, 2.45) is 0 Å². The van der Waals surface area contributed by atoms with Crippen LogP contribution in [0.1, 0.15) is 63.4 Å². The zero-order valence-electron chi connectivity index (χ0n) is 73.4. The molecule has 5 aromatic carbocycles. The molecule has 20 amide bonds. The average molecular weight is 2350 g/mol. The van der Waals surface area contributed by atoms with Crippen molar-refractivity contribution in [2.75, 3.05) is 31.1 Å². The molecule has 0 bridgehead atoms. The summed E-state index contributed by atoms with van der Waals surface area (Å²) < 4.78 is 0.526. The van der Waals surface area contributed by atoms with Crippen LogP contribution in [0.15, 0.2) is 274 Å². The van der Waals surface area contributed by atoms with E-state index >= 15 is 0 Å². The largest absolute Gasteiger partial charge is 0.480 e. The van der Waals surface area contributed by atoms with E-state index in [2.05, 4.69) is 79.6 Å². The fourth-order valence-corrected chi connectivity index (χ4v) is 20.1. The van der Waals surface area contributed by atoms with Crippen LogP contribution in [0.3, 0.4) is 0 Å². The maximum absolute atomic E-state index is 12.9. The van der Waals surface area contributed by atoms with Gasteiger partial charge >= 0.3 is 29.8 Å². The molecule has 0 aromatic heterocycles. The van der Waals surface area contributed by atoms with E-state index in [1.54, 1.807) is 78.9 Å². The van der Waals surface area contributed by atoms with E-state index in [1.165, 1.54) is 54.3 Å². The average Bonchev–Trinajstić information content (AvgIpc) is 1.59. The van der Waals surface area contributed by atoms with Crippen molar-refractivity contribution in [3.63, 3.8) is 0 Å². The molecule has 5 atom stereocenters. The molecule has 10 aliphatic heterocycles. The van der Waals surface area contributed by atoms with Crippen molar-refractivity contribution in [3.05, 3.63) is 260 Å². The number of nitrogens with zero attached hydrogens (tertiary/aromatic N) is 10. The molecule has 15 rings (SSSR count). The van der Waals surface area contributed by atoms with Crippen molar-refractivity contribution in [2.45, 2.75) is 114 Å². The van der Waals surface area contributed by atoms with E-state index in [4.69, 9.17) is 0 Å². The Labute approximate surface area is 868 Å². The standard InChI is InChI=1S/C26H22N2O6S2.C23H16N2O6S2.C17H10Br2N2O6.C14H12Br2N2O6.C14H13BrN2O6/c29-22-15-20(35-17-9-3-1-4-10-17)24(31)27(22)14-8-7-13-19(26(33)34)28-23(30)16-21(25(28)32)36-18-11-5-2-6-12-18;26-19-11-17(32-14-7-3-1-4-8-14)21(28)24(19)13-16(23(30)31)25-20(27)12-18(22(25)29)33-15-9-5-2-6-10-15;18-10-6-13(22)20(15(10)24)9-3-1-8(2-4-9)5-12(17(26)27)21-14(23)7-11(19)16(21)25;15-7-5-10(19)17(12(7)21)4-2-1-3-9(14(23)24)18-11(20)6-8(16)13(18)22;15-8-7-12(20)16(13(8)21)6-2-1-3-9(14(22)23)17-10(18)4-5-11(17)19/h1-6,9-12,15-16,19H,7-8,13-14H2,(H,33,34);1-12,16H,13H2,(H,30,31);1-4,6-7,12H,5H2,(H,26,27);5-6,9H,1-4H2,(H,23,24);4-5,7,9H,1-3,6H2,(H,22,23)/t19-;;12-;2*9-/m0.000/s1. The van der Waals surface area contributed by atoms with Gasteiger partial charge in [-0.25, -0.2) is 28.9 Å². The predicted octanol–water partition coefficient (Wildman–Crippen LogP) is 8.80. The number of hydrogen-bond acceptors (Lipinski definition) is 29. The molecule has 0 radical (unpaired) electrons. The first-order chi connectivity index (χ1) is 68.0. The van der Waals surface area contributed by atoms with Gasteiger partial charge in [-0.05, 0) is 204 Å². The molecule has 10 heterocycles. The summed E-state index contributed by atoms with van der Waals surface area (Å²) in [5.74, 6) is -18.6. The lowest BCUT2D eigenvalue weighted by molar-refractivity contribution is -0.156. The molecule has 0 aliphatic carbocycles. The Bertz CT molecular complexity index is 6530. The molecule has 1 unspecified atom stereocenters. The highest BCUT2D eigenvalue weighted by Crippen LogP contribution is 2.39. The van der Waals surface area contributed by atoms with Gasteiger partial charge in [0, 0.05) is 112 Å². The summed E-state index contributed by atoms with van der Waals surface area (Å²) in [5, 5.41) is 47.3. The second kappa shape index (κ2) is 49.6. The lowest BCUT2D eigenvalue weighted by Gasteiger charge is -2.26. The van der Waals surface area contributed by atoms with E-state index in [-0.39, 0.29) is 88.4 Å². The number of unbranched alkanes of at least 4 members (excludes halogenated alkanes) is 3. The number of imide groups is 10. The van der Waals surface area contributed by atoms with Crippen molar-refractivity contribution in [1.29, 1.82) is 0 Å². The minimum atomic E-state index is -1.71. The zero-order chi connectivity index (χ0) is 104. The highest BCUT2D eigenvalue weighted by molar-refractivity contribution is 9.12. The highest BCUT2D eigenvalue weighted by atomic mass is 79.9. The van der Waals surface area contributed by atoms with E-state index < -0.39 is 179 Å². The van der Waals surface area contributed by atoms with Crippen molar-refractivity contribution >= 4 is 280 Å². The van der Waals surface area contributed by atoms with E-state index in [9.17, 15) is 145 Å². The Kier molecular flexibility index (Phi) is 38.0. The minimum absolute atomic E-state index is 0.00164. The van der Waals surface area contributed by atoms with Crippen molar-refractivity contribution in [1.82, 2.24) is 44.1 Å². The monoisotopic (exact) mass is 2340 g/mol. The van der Waals surface area contributed by atoms with Crippen LogP contribution in [0.2, 0.25) is 0 Å². The zero-order valence-corrected chi connectivity index (χ0v) is 84.6. The fraction of sp³-hybridized carbons (Fsp3) is 0.202. The summed E-state index contributed by atoms with van der Waals surface area (Å²) in [5.41, 5.74) is 0.838. The maximum Gasteiger partial charge on any atom is 0.328 e. The molecule has 0 spiro atoms. The molecule has 49 heteroatoms. The summed E-state index contributed by atoms with van der Waals surface area (Å²) in [6.45, 7) is -0.235. The molecular formula is C94H73Br5N10O30S4. The number of carboxylic acid groups (broad SMARTS) is 5. The third kappa shape index (κ3) is 27.1. The number of benzene rings is 5. The van der Waals surface area contributed by atoms with Crippen LogP contribution >= 0.6 is 127 Å². The van der Waals surface area contributed by atoms with Crippen LogP contribution in [0.25, 0.3) is 0 Å². The van der Waals surface area contributed by atoms with Crippen molar-refractivity contribution < 1.29 is 145 Å². The van der Waals surface area contributed by atoms with Gasteiger partial charge in [0.25, 0.3) is 118 Å². The summed E-state index contributed by atoms with van der Waals surface area (Å²) in [6, 6.07) is 35.1. The third-order valence-corrected chi connectivity index (χ3v) is 28.4. The SMILES string of the molecule is O=C(O)C(CN1C(=O)C=C(Sc2ccccc2)C1=O)N1C(=O)C=C(Sc2ccccc2)C1=O.O=C(O)[C@H](CCCCN1C(=O)C=C(Br)C1=O)N1C(=O)C=C(Br)C1=O.O=C(O)[C@H](CCCCN1C(=O)C=C(Br)C1=O)N1C(=O)C=CC1=O.O=C(O)[C@H](CCCCN1C(=O)C=C(Sc2ccccc2)C1=O)N1C(=O)C=C(Sc2ccccc2)C1=O.O=C(O)[C@H](Cc1ccc(N2C(=O)C=C(Br)C2=O)cc1)N1C(=O)C=C(Br)C1=O. The second-order valence-electron chi connectivity index (χ2n) is 30.8. The number of anilines is 1. The lowest BCUT2D eigenvalue weighted by Crippen LogP contribution is -2.52. The molecule has 0 saturated carbocycles. The van der Waals surface area contributed by atoms with Gasteiger partial charge in [0.05, 0.1) is 54.3 Å². The number of aliphatic carboxylic acids is 5. The van der Waals surface area contributed by atoms with Crippen LogP contribution in [-0.4, -0.2) is 274 Å². The first kappa shape index (κ1) is 109. The second-order valence-corrected chi connectivity index (χ2v) is 39.6. The van der Waals surface area contributed by atoms with Gasteiger partial charge in [-0.2, -0.15) is 0 Å². The molecule has 0 fully saturated rings. The number of amides is 20. The number of carbonyl (C=O) groups excluding carboxylic acids is 20. The molecular weight excluding hydrogens is 2280 g/mol. The summed E-state index contributed by atoms with van der Waals surface area (Å²) in [4.78, 5) is 312. The van der Waals surface area contributed by atoms with Gasteiger partial charge in [-0.1, -0.05) is 132 Å². The number of halogens is 5. The van der Waals surface area contributed by atoms with E-state index in [1.807, 2.05) is 42.5 Å². The molecule has 5 aromatic rings.